The Bertz CT molecular complexity index is 512. The Morgan fingerprint density at radius 2 is 1.45 bits per heavy atom. The topological polar surface area (TPSA) is 42.2 Å². The van der Waals surface area contributed by atoms with Crippen molar-refractivity contribution in [2.45, 2.75) is 39.3 Å². The molecule has 0 N–H and O–H groups in total. The third-order valence-electron chi connectivity index (χ3n) is 3.46. The molecule has 0 aliphatic carbocycles. The van der Waals surface area contributed by atoms with Gasteiger partial charge in [0.15, 0.2) is 0 Å². The van der Waals surface area contributed by atoms with Gasteiger partial charge in [0.2, 0.25) is 16.6 Å². The van der Waals surface area contributed by atoms with E-state index < -0.39 is 36.2 Å². The van der Waals surface area contributed by atoms with Gasteiger partial charge in [-0.3, -0.25) is 0 Å². The van der Waals surface area contributed by atoms with Gasteiger partial charge in [-0.1, -0.05) is 19.2 Å². The van der Waals surface area contributed by atoms with E-state index in [1.54, 1.807) is 0 Å². The van der Waals surface area contributed by atoms with Gasteiger partial charge in [-0.25, -0.2) is 0 Å². The van der Waals surface area contributed by atoms with Crippen LogP contribution in [-0.2, 0) is 8.23 Å². The normalized spacial score (nSPS) is 13.4. The summed E-state index contributed by atoms with van der Waals surface area (Å²) in [5.74, 6) is 0. The second-order valence-corrected chi connectivity index (χ2v) is 16.3. The molecule has 0 bridgehead atoms. The lowest BCUT2D eigenvalue weighted by Crippen LogP contribution is -2.61. The van der Waals surface area contributed by atoms with Crippen molar-refractivity contribution in [3.63, 3.8) is 0 Å². The molecular formula is C13H25NO2Si4. The third kappa shape index (κ3) is 4.00. The van der Waals surface area contributed by atoms with Crippen LogP contribution in [0.2, 0.25) is 39.3 Å². The molecule has 0 spiro atoms. The molecule has 0 fully saturated rings. The number of rotatable bonds is 6. The zero-order valence-corrected chi connectivity index (χ0v) is 18.2. The van der Waals surface area contributed by atoms with E-state index in [2.05, 4.69) is 51.4 Å². The highest BCUT2D eigenvalue weighted by atomic mass is 28.4. The van der Waals surface area contributed by atoms with Gasteiger partial charge in [0, 0.05) is 0 Å². The van der Waals surface area contributed by atoms with E-state index >= 15 is 0 Å². The van der Waals surface area contributed by atoms with E-state index in [0.29, 0.717) is 0 Å². The quantitative estimate of drug-likeness (QED) is 0.716. The maximum Gasteiger partial charge on any atom is 0.205 e. The molecular weight excluding hydrogens is 314 g/mol. The Balaban J connectivity index is 3.42. The molecule has 0 saturated carbocycles. The van der Waals surface area contributed by atoms with E-state index in [9.17, 15) is 5.26 Å². The maximum absolute atomic E-state index is 9.17. The molecule has 110 valence electrons. The van der Waals surface area contributed by atoms with Crippen molar-refractivity contribution >= 4 is 46.5 Å². The highest BCUT2D eigenvalue weighted by Gasteiger charge is 2.35. The van der Waals surface area contributed by atoms with Crippen LogP contribution in [0.25, 0.3) is 0 Å². The number of nitriles is 1. The standard InChI is InChI=1S/C13H25NO2Si4/c1-17-15-19(3,4)12-8-7-11(10-14)9-13(12)20(5,6)16-18-2/h7-9H,17-18H2,1-6H3. The van der Waals surface area contributed by atoms with Gasteiger partial charge in [0.1, 0.15) is 19.5 Å². The molecule has 0 unspecified atom stereocenters. The fraction of sp³-hybridized carbons (Fsp3) is 0.462. The lowest BCUT2D eigenvalue weighted by Gasteiger charge is -2.32. The lowest BCUT2D eigenvalue weighted by atomic mass is 10.2. The zero-order valence-electron chi connectivity index (χ0n) is 13.4. The predicted octanol–water partition coefficient (Wildman–Crippen LogP) is 0.679. The van der Waals surface area contributed by atoms with Crippen LogP contribution in [-0.4, -0.2) is 36.2 Å². The Morgan fingerprint density at radius 3 is 1.90 bits per heavy atom. The number of hydrogen-bond donors (Lipinski definition) is 0. The second-order valence-electron chi connectivity index (χ2n) is 5.76. The van der Waals surface area contributed by atoms with Crippen molar-refractivity contribution in [1.82, 2.24) is 0 Å². The summed E-state index contributed by atoms with van der Waals surface area (Å²) in [4.78, 5) is 0. The highest BCUT2D eigenvalue weighted by molar-refractivity contribution is 6.96. The largest absolute Gasteiger partial charge is 0.458 e. The summed E-state index contributed by atoms with van der Waals surface area (Å²) in [6, 6.07) is 8.33. The minimum absolute atomic E-state index is 0.440. The first-order valence-electron chi connectivity index (χ1n) is 7.11. The van der Waals surface area contributed by atoms with E-state index in [4.69, 9.17) is 8.23 Å². The van der Waals surface area contributed by atoms with Crippen LogP contribution in [0.5, 0.6) is 0 Å². The molecule has 0 radical (unpaired) electrons. The van der Waals surface area contributed by atoms with Gasteiger partial charge >= 0.3 is 0 Å². The summed E-state index contributed by atoms with van der Waals surface area (Å²) in [6.07, 6.45) is 0. The van der Waals surface area contributed by atoms with E-state index in [-0.39, 0.29) is 0 Å². The van der Waals surface area contributed by atoms with Gasteiger partial charge in [-0.2, -0.15) is 5.26 Å². The molecule has 0 aliphatic rings. The predicted molar refractivity (Wildman–Crippen MR) is 96.4 cm³/mol. The van der Waals surface area contributed by atoms with Crippen LogP contribution in [0.4, 0.5) is 0 Å². The summed E-state index contributed by atoms with van der Waals surface area (Å²) in [5.41, 5.74) is 0.726. The molecule has 0 amide bonds. The third-order valence-corrected chi connectivity index (χ3v) is 15.2. The van der Waals surface area contributed by atoms with Gasteiger partial charge in [0.05, 0.1) is 11.6 Å². The van der Waals surface area contributed by atoms with Crippen LogP contribution in [0.3, 0.4) is 0 Å². The van der Waals surface area contributed by atoms with Crippen LogP contribution >= 0.6 is 0 Å². The average Bonchev–Trinajstić information content (AvgIpc) is 2.38. The summed E-state index contributed by atoms with van der Waals surface area (Å²) >= 11 is 0. The summed E-state index contributed by atoms with van der Waals surface area (Å²) in [7, 11) is -4.71. The van der Waals surface area contributed by atoms with Crippen molar-refractivity contribution in [2.75, 3.05) is 0 Å². The van der Waals surface area contributed by atoms with Crippen molar-refractivity contribution in [3.05, 3.63) is 23.8 Å². The maximum atomic E-state index is 9.17. The molecule has 0 heterocycles. The van der Waals surface area contributed by atoms with Crippen LogP contribution < -0.4 is 10.4 Å². The molecule has 0 atom stereocenters. The molecule has 0 aliphatic heterocycles. The Labute approximate surface area is 129 Å². The lowest BCUT2D eigenvalue weighted by molar-refractivity contribution is 0.605. The van der Waals surface area contributed by atoms with Crippen molar-refractivity contribution in [3.8, 4) is 6.07 Å². The van der Waals surface area contributed by atoms with E-state index in [1.165, 1.54) is 10.4 Å². The van der Waals surface area contributed by atoms with Crippen molar-refractivity contribution < 1.29 is 8.23 Å². The number of nitrogens with zero attached hydrogens (tertiary/aromatic N) is 1. The van der Waals surface area contributed by atoms with Crippen LogP contribution in [0.15, 0.2) is 18.2 Å². The van der Waals surface area contributed by atoms with Gasteiger partial charge < -0.3 is 8.23 Å². The molecule has 7 heteroatoms. The zero-order chi connectivity index (χ0) is 15.4. The molecule has 0 aromatic heterocycles. The molecule has 20 heavy (non-hydrogen) atoms. The smallest absolute Gasteiger partial charge is 0.205 e. The molecule has 3 nitrogen and oxygen atoms in total. The average molecular weight is 340 g/mol. The summed E-state index contributed by atoms with van der Waals surface area (Å²) < 4.78 is 12.4. The first-order valence-corrected chi connectivity index (χ1v) is 16.9. The van der Waals surface area contributed by atoms with Gasteiger partial charge in [-0.05, 0) is 48.7 Å². The first kappa shape index (κ1) is 17.5. The minimum Gasteiger partial charge on any atom is -0.458 e. The Morgan fingerprint density at radius 1 is 0.950 bits per heavy atom. The van der Waals surface area contributed by atoms with E-state index in [1.807, 2.05) is 12.1 Å². The van der Waals surface area contributed by atoms with Gasteiger partial charge in [0.25, 0.3) is 0 Å². The van der Waals surface area contributed by atoms with Crippen LogP contribution in [0, 0.1) is 11.3 Å². The monoisotopic (exact) mass is 339 g/mol. The molecule has 1 aromatic carbocycles. The second kappa shape index (κ2) is 6.97. The highest BCUT2D eigenvalue weighted by Crippen LogP contribution is 2.11. The van der Waals surface area contributed by atoms with Crippen molar-refractivity contribution in [2.24, 2.45) is 0 Å². The fourth-order valence-electron chi connectivity index (χ4n) is 2.51. The summed E-state index contributed by atoms with van der Waals surface area (Å²) in [6.45, 7) is 13.3. The molecule has 1 rings (SSSR count). The van der Waals surface area contributed by atoms with Crippen LogP contribution in [0.1, 0.15) is 5.56 Å². The SMILES string of the molecule is C[SiH2]O[Si](C)(C)c1ccc(C#N)cc1[Si](C)(C)O[SiH2]C. The number of benzene rings is 1. The summed E-state index contributed by atoms with van der Waals surface area (Å²) in [5, 5.41) is 11.8. The first-order chi connectivity index (χ1) is 9.28. The Kier molecular flexibility index (Phi) is 6.12. The number of hydrogen-bond acceptors (Lipinski definition) is 3. The minimum atomic E-state index is -1.93. The molecule has 0 saturated heterocycles. The van der Waals surface area contributed by atoms with Gasteiger partial charge in [-0.15, -0.1) is 0 Å². The fourth-order valence-corrected chi connectivity index (χ4v) is 13.8. The van der Waals surface area contributed by atoms with Crippen molar-refractivity contribution in [1.29, 1.82) is 5.26 Å². The van der Waals surface area contributed by atoms with E-state index in [0.717, 1.165) is 5.56 Å². The molecule has 1 aromatic rings. The Hall–Kier alpha value is -0.502.